The van der Waals surface area contributed by atoms with Gasteiger partial charge in [0.25, 0.3) is 0 Å². The quantitative estimate of drug-likeness (QED) is 0.924. The summed E-state index contributed by atoms with van der Waals surface area (Å²) in [5.41, 5.74) is 1.38. The number of halogens is 2. The summed E-state index contributed by atoms with van der Waals surface area (Å²) in [6, 6.07) is 4.49. The number of carboxylic acids is 1. The maximum Gasteiger partial charge on any atom is 0.335 e. The molecule has 5 nitrogen and oxygen atoms in total. The van der Waals surface area contributed by atoms with Crippen LogP contribution in [0.5, 0.6) is 0 Å². The molecule has 7 heteroatoms. The molecule has 0 saturated carbocycles. The Morgan fingerprint density at radius 2 is 2.24 bits per heavy atom. The molecule has 0 aliphatic heterocycles. The monoisotopic (exact) mass is 315 g/mol. The van der Waals surface area contributed by atoms with Gasteiger partial charge in [0.05, 0.1) is 10.6 Å². The molecule has 2 rings (SSSR count). The van der Waals surface area contributed by atoms with Crippen molar-refractivity contribution >= 4 is 33.5 Å². The molecule has 0 fully saturated rings. The van der Waals surface area contributed by atoms with Crippen LogP contribution in [0, 0.1) is 0 Å². The highest BCUT2D eigenvalue weighted by Gasteiger charge is 2.16. The van der Waals surface area contributed by atoms with Crippen LogP contribution in [0.15, 0.2) is 22.8 Å². The van der Waals surface area contributed by atoms with Gasteiger partial charge in [0.2, 0.25) is 0 Å². The number of carboxylic acid groups (broad SMARTS) is 1. The highest BCUT2D eigenvalue weighted by Crippen LogP contribution is 2.32. The summed E-state index contributed by atoms with van der Waals surface area (Å²) in [4.78, 5) is 10.9. The molecule has 88 valence electrons. The Morgan fingerprint density at radius 1 is 1.53 bits per heavy atom. The van der Waals surface area contributed by atoms with Crippen LogP contribution in [-0.2, 0) is 7.05 Å². The van der Waals surface area contributed by atoms with Gasteiger partial charge in [0.15, 0.2) is 4.60 Å². The molecule has 0 atom stereocenters. The third kappa shape index (κ3) is 2.18. The molecule has 1 N–H and O–H groups in total. The van der Waals surface area contributed by atoms with Crippen molar-refractivity contribution in [2.75, 3.05) is 0 Å². The summed E-state index contributed by atoms with van der Waals surface area (Å²) in [5.74, 6) is -1.01. The second kappa shape index (κ2) is 4.46. The van der Waals surface area contributed by atoms with E-state index in [1.165, 1.54) is 16.8 Å². The minimum Gasteiger partial charge on any atom is -0.478 e. The Kier molecular flexibility index (Phi) is 3.17. The van der Waals surface area contributed by atoms with Gasteiger partial charge < -0.3 is 5.11 Å². The third-order valence-electron chi connectivity index (χ3n) is 2.25. The Morgan fingerprint density at radius 3 is 2.76 bits per heavy atom. The van der Waals surface area contributed by atoms with E-state index in [1.54, 1.807) is 13.1 Å². The standard InChI is InChI=1S/C10H7BrClN3O2/c1-15-8(9(11)13-14-15)6-4-5(10(16)17)2-3-7(6)12/h2-4H,1H3,(H,16,17). The number of benzene rings is 1. The maximum atomic E-state index is 10.9. The molecule has 0 amide bonds. The van der Waals surface area contributed by atoms with E-state index in [4.69, 9.17) is 16.7 Å². The van der Waals surface area contributed by atoms with Crippen molar-refractivity contribution in [3.05, 3.63) is 33.4 Å². The first kappa shape index (κ1) is 12.1. The lowest BCUT2D eigenvalue weighted by molar-refractivity contribution is 0.0697. The Hall–Kier alpha value is -1.40. The van der Waals surface area contributed by atoms with Crippen molar-refractivity contribution in [2.24, 2.45) is 7.05 Å². The Bertz CT molecular complexity index is 578. The predicted molar refractivity (Wildman–Crippen MR) is 66.1 cm³/mol. The summed E-state index contributed by atoms with van der Waals surface area (Å²) in [7, 11) is 1.71. The van der Waals surface area contributed by atoms with Crippen LogP contribution in [0.3, 0.4) is 0 Å². The molecule has 2 aromatic rings. The van der Waals surface area contributed by atoms with E-state index in [0.717, 1.165) is 0 Å². The average Bonchev–Trinajstić information content (AvgIpc) is 2.59. The molecule has 17 heavy (non-hydrogen) atoms. The normalized spacial score (nSPS) is 10.5. The lowest BCUT2D eigenvalue weighted by atomic mass is 10.1. The van der Waals surface area contributed by atoms with Crippen LogP contribution < -0.4 is 0 Å². The van der Waals surface area contributed by atoms with Crippen LogP contribution in [0.2, 0.25) is 5.02 Å². The van der Waals surface area contributed by atoms with E-state index in [-0.39, 0.29) is 5.56 Å². The fraction of sp³-hybridized carbons (Fsp3) is 0.100. The van der Waals surface area contributed by atoms with Crippen LogP contribution >= 0.6 is 27.5 Å². The SMILES string of the molecule is Cn1nnc(Br)c1-c1cc(C(=O)O)ccc1Cl. The fourth-order valence-corrected chi connectivity index (χ4v) is 2.21. The van der Waals surface area contributed by atoms with Crippen molar-refractivity contribution in [1.29, 1.82) is 0 Å². The van der Waals surface area contributed by atoms with E-state index >= 15 is 0 Å². The van der Waals surface area contributed by atoms with E-state index in [2.05, 4.69) is 26.2 Å². The molecule has 0 unspecified atom stereocenters. The van der Waals surface area contributed by atoms with Crippen molar-refractivity contribution in [1.82, 2.24) is 15.0 Å². The van der Waals surface area contributed by atoms with Gasteiger partial charge in [0.1, 0.15) is 5.69 Å². The molecule has 0 bridgehead atoms. The maximum absolute atomic E-state index is 10.9. The van der Waals surface area contributed by atoms with Gasteiger partial charge in [0, 0.05) is 12.6 Å². The molecular formula is C10H7BrClN3O2. The topological polar surface area (TPSA) is 68.0 Å². The molecule has 1 aromatic carbocycles. The average molecular weight is 317 g/mol. The summed E-state index contributed by atoms with van der Waals surface area (Å²) >= 11 is 9.30. The lowest BCUT2D eigenvalue weighted by Crippen LogP contribution is -1.99. The number of nitrogens with zero attached hydrogens (tertiary/aromatic N) is 3. The molecule has 0 radical (unpaired) electrons. The van der Waals surface area contributed by atoms with Gasteiger partial charge in [-0.25, -0.2) is 9.48 Å². The van der Waals surface area contributed by atoms with Gasteiger partial charge in [-0.1, -0.05) is 16.8 Å². The van der Waals surface area contributed by atoms with Gasteiger partial charge >= 0.3 is 5.97 Å². The van der Waals surface area contributed by atoms with Crippen molar-refractivity contribution in [2.45, 2.75) is 0 Å². The second-order valence-electron chi connectivity index (χ2n) is 3.35. The molecule has 1 aromatic heterocycles. The zero-order valence-corrected chi connectivity index (χ0v) is 11.0. The van der Waals surface area contributed by atoms with Crippen LogP contribution in [0.25, 0.3) is 11.3 Å². The van der Waals surface area contributed by atoms with Crippen molar-refractivity contribution in [3.63, 3.8) is 0 Å². The number of hydrogen-bond donors (Lipinski definition) is 1. The summed E-state index contributed by atoms with van der Waals surface area (Å²) < 4.78 is 2.04. The van der Waals surface area contributed by atoms with Crippen LogP contribution in [-0.4, -0.2) is 26.1 Å². The molecule has 0 aliphatic carbocycles. The second-order valence-corrected chi connectivity index (χ2v) is 4.51. The van der Waals surface area contributed by atoms with Crippen LogP contribution in [0.1, 0.15) is 10.4 Å². The smallest absolute Gasteiger partial charge is 0.335 e. The largest absolute Gasteiger partial charge is 0.478 e. The summed E-state index contributed by atoms with van der Waals surface area (Å²) in [6.45, 7) is 0. The first-order valence-electron chi connectivity index (χ1n) is 4.59. The molecular weight excluding hydrogens is 309 g/mol. The third-order valence-corrected chi connectivity index (χ3v) is 3.12. The van der Waals surface area contributed by atoms with Crippen LogP contribution in [0.4, 0.5) is 0 Å². The number of carbonyl (C=O) groups is 1. The van der Waals surface area contributed by atoms with Gasteiger partial charge in [-0.3, -0.25) is 0 Å². The Balaban J connectivity index is 2.66. The van der Waals surface area contributed by atoms with E-state index in [1.807, 2.05) is 0 Å². The highest BCUT2D eigenvalue weighted by molar-refractivity contribution is 9.10. The Labute approximate surface area is 110 Å². The highest BCUT2D eigenvalue weighted by atomic mass is 79.9. The fourth-order valence-electron chi connectivity index (χ4n) is 1.46. The molecule has 0 aliphatic rings. The lowest BCUT2D eigenvalue weighted by Gasteiger charge is -2.05. The summed E-state index contributed by atoms with van der Waals surface area (Å²) in [5, 5.41) is 17.0. The van der Waals surface area contributed by atoms with Crippen molar-refractivity contribution in [3.8, 4) is 11.3 Å². The summed E-state index contributed by atoms with van der Waals surface area (Å²) in [6.07, 6.45) is 0. The predicted octanol–water partition coefficient (Wildman–Crippen LogP) is 2.60. The van der Waals surface area contributed by atoms with E-state index in [0.29, 0.717) is 20.9 Å². The number of rotatable bonds is 2. The zero-order valence-electron chi connectivity index (χ0n) is 8.69. The minimum absolute atomic E-state index is 0.164. The first-order chi connectivity index (χ1) is 8.00. The molecule has 0 saturated heterocycles. The molecule has 1 heterocycles. The zero-order chi connectivity index (χ0) is 12.6. The van der Waals surface area contributed by atoms with E-state index in [9.17, 15) is 4.79 Å². The van der Waals surface area contributed by atoms with Crippen molar-refractivity contribution < 1.29 is 9.90 Å². The van der Waals surface area contributed by atoms with Gasteiger partial charge in [-0.2, -0.15) is 0 Å². The number of aryl methyl sites for hydroxylation is 1. The minimum atomic E-state index is -1.01. The van der Waals surface area contributed by atoms with Gasteiger partial charge in [-0.05, 0) is 34.1 Å². The van der Waals surface area contributed by atoms with Gasteiger partial charge in [-0.15, -0.1) is 5.10 Å². The number of hydrogen-bond acceptors (Lipinski definition) is 3. The van der Waals surface area contributed by atoms with E-state index < -0.39 is 5.97 Å². The first-order valence-corrected chi connectivity index (χ1v) is 5.76. The number of aromatic carboxylic acids is 1. The number of aromatic nitrogens is 3. The molecule has 0 spiro atoms.